The van der Waals surface area contributed by atoms with Gasteiger partial charge in [-0.15, -0.1) is 0 Å². The summed E-state index contributed by atoms with van der Waals surface area (Å²) in [7, 11) is -3.49. The van der Waals surface area contributed by atoms with E-state index in [0.29, 0.717) is 25.0 Å². The average Bonchev–Trinajstić information content (AvgIpc) is 3.35. The quantitative estimate of drug-likeness (QED) is 0.447. The number of rotatable bonds is 9. The van der Waals surface area contributed by atoms with Gasteiger partial charge in [-0.2, -0.15) is 0 Å². The van der Waals surface area contributed by atoms with Crippen molar-refractivity contribution in [1.82, 2.24) is 10.6 Å². The summed E-state index contributed by atoms with van der Waals surface area (Å²) < 4.78 is 28.0. The van der Waals surface area contributed by atoms with E-state index in [2.05, 4.69) is 15.6 Å². The maximum absolute atomic E-state index is 11.0. The van der Waals surface area contributed by atoms with Gasteiger partial charge in [0.1, 0.15) is 5.75 Å². The monoisotopic (exact) mass is 368 g/mol. The Balaban J connectivity index is 1.99. The molecule has 1 aliphatic rings. The Hall–Kier alpha value is -1.80. The summed E-state index contributed by atoms with van der Waals surface area (Å²) in [6.45, 7) is 6.09. The molecule has 4 N–H and O–H groups in total. The lowest BCUT2D eigenvalue weighted by Crippen LogP contribution is -2.40. The summed E-state index contributed by atoms with van der Waals surface area (Å²) in [5.41, 5.74) is 2.16. The fourth-order valence-electron chi connectivity index (χ4n) is 2.24. The lowest BCUT2D eigenvalue weighted by Gasteiger charge is -2.13. The molecule has 0 aliphatic heterocycles. The summed E-state index contributed by atoms with van der Waals surface area (Å²) in [5, 5.41) is 11.1. The van der Waals surface area contributed by atoms with Gasteiger partial charge in [0, 0.05) is 18.7 Å². The minimum Gasteiger partial charge on any atom is -0.493 e. The normalized spacial score (nSPS) is 15.1. The Labute approximate surface area is 150 Å². The van der Waals surface area contributed by atoms with Crippen LogP contribution >= 0.6 is 0 Å². The second kappa shape index (κ2) is 9.05. The van der Waals surface area contributed by atoms with Gasteiger partial charge in [-0.25, -0.2) is 18.5 Å². The summed E-state index contributed by atoms with van der Waals surface area (Å²) in [6.07, 6.45) is 2.50. The van der Waals surface area contributed by atoms with E-state index in [4.69, 9.17) is 9.88 Å². The van der Waals surface area contributed by atoms with Gasteiger partial charge in [-0.1, -0.05) is 12.1 Å². The maximum Gasteiger partial charge on any atom is 0.210 e. The Kier molecular flexibility index (Phi) is 7.07. The first-order valence-corrected chi connectivity index (χ1v) is 10.3. The molecule has 0 amide bonds. The molecule has 0 spiro atoms. The van der Waals surface area contributed by atoms with Gasteiger partial charge in [-0.3, -0.25) is 0 Å². The first kappa shape index (κ1) is 19.5. The molecule has 0 atom stereocenters. The van der Waals surface area contributed by atoms with E-state index in [9.17, 15) is 8.42 Å². The smallest absolute Gasteiger partial charge is 0.210 e. The highest BCUT2D eigenvalue weighted by Gasteiger charge is 2.22. The Morgan fingerprint density at radius 2 is 2.12 bits per heavy atom. The maximum atomic E-state index is 11.0. The first-order chi connectivity index (χ1) is 11.9. The first-order valence-electron chi connectivity index (χ1n) is 8.62. The van der Waals surface area contributed by atoms with Crippen LogP contribution in [0.3, 0.4) is 0 Å². The van der Waals surface area contributed by atoms with Crippen molar-refractivity contribution in [3.8, 4) is 5.75 Å². The van der Waals surface area contributed by atoms with Crippen LogP contribution in [0.5, 0.6) is 5.75 Å². The van der Waals surface area contributed by atoms with Crippen LogP contribution in [0.1, 0.15) is 30.9 Å². The van der Waals surface area contributed by atoms with Gasteiger partial charge in [0.15, 0.2) is 5.96 Å². The standard InChI is InChI=1S/C17H28N4O3S/c1-3-19-17(20-8-9-25(18,22)23)21-11-15-7-4-13(2)10-16(15)24-12-14-5-6-14/h4,7,10,14H,3,5-6,8-9,11-12H2,1-2H3,(H2,18,22,23)(H2,19,20,21). The fourth-order valence-corrected chi connectivity index (χ4v) is 2.62. The molecule has 1 aromatic rings. The molecule has 7 nitrogen and oxygen atoms in total. The van der Waals surface area contributed by atoms with Crippen LogP contribution in [-0.4, -0.2) is 39.8 Å². The van der Waals surface area contributed by atoms with Crippen molar-refractivity contribution in [2.24, 2.45) is 16.0 Å². The highest BCUT2D eigenvalue weighted by molar-refractivity contribution is 7.89. The average molecular weight is 369 g/mol. The van der Waals surface area contributed by atoms with Gasteiger partial charge < -0.3 is 15.4 Å². The van der Waals surface area contributed by atoms with E-state index in [-0.39, 0.29) is 12.3 Å². The van der Waals surface area contributed by atoms with E-state index in [1.165, 1.54) is 12.8 Å². The van der Waals surface area contributed by atoms with Crippen molar-refractivity contribution in [3.63, 3.8) is 0 Å². The Morgan fingerprint density at radius 3 is 2.76 bits per heavy atom. The summed E-state index contributed by atoms with van der Waals surface area (Å²) >= 11 is 0. The lowest BCUT2D eigenvalue weighted by molar-refractivity contribution is 0.296. The van der Waals surface area contributed by atoms with E-state index in [0.717, 1.165) is 23.5 Å². The van der Waals surface area contributed by atoms with Gasteiger partial charge in [0.2, 0.25) is 10.0 Å². The molecule has 8 heteroatoms. The number of guanidine groups is 1. The number of primary sulfonamides is 1. The number of nitrogens with two attached hydrogens (primary N) is 1. The van der Waals surface area contributed by atoms with Gasteiger partial charge in [-0.05, 0) is 44.2 Å². The summed E-state index contributed by atoms with van der Waals surface area (Å²) in [4.78, 5) is 4.52. The number of ether oxygens (including phenoxy) is 1. The molecule has 0 aromatic heterocycles. The molecule has 1 fully saturated rings. The molecule has 140 valence electrons. The fraction of sp³-hybridized carbons (Fsp3) is 0.588. The van der Waals surface area contributed by atoms with E-state index in [1.807, 2.05) is 32.0 Å². The lowest BCUT2D eigenvalue weighted by atomic mass is 10.1. The highest BCUT2D eigenvalue weighted by atomic mass is 32.2. The van der Waals surface area contributed by atoms with Crippen molar-refractivity contribution in [2.75, 3.05) is 25.4 Å². The predicted molar refractivity (Wildman–Crippen MR) is 100 cm³/mol. The third-order valence-electron chi connectivity index (χ3n) is 3.82. The molecule has 25 heavy (non-hydrogen) atoms. The molecule has 0 radical (unpaired) electrons. The zero-order chi connectivity index (χ0) is 18.3. The Morgan fingerprint density at radius 1 is 1.36 bits per heavy atom. The van der Waals surface area contributed by atoms with Gasteiger partial charge >= 0.3 is 0 Å². The number of hydrogen-bond acceptors (Lipinski definition) is 4. The summed E-state index contributed by atoms with van der Waals surface area (Å²) in [5.74, 6) is 1.97. The van der Waals surface area contributed by atoms with Crippen LogP contribution in [0.4, 0.5) is 0 Å². The number of aliphatic imine (C=N–C) groups is 1. The molecule has 1 saturated carbocycles. The predicted octanol–water partition coefficient (Wildman–Crippen LogP) is 1.13. The molecule has 2 rings (SSSR count). The third kappa shape index (κ3) is 7.74. The molecule has 0 heterocycles. The molecular formula is C17H28N4O3S. The molecular weight excluding hydrogens is 340 g/mol. The number of hydrogen-bond donors (Lipinski definition) is 3. The molecule has 0 unspecified atom stereocenters. The van der Waals surface area contributed by atoms with Gasteiger partial charge in [0.05, 0.1) is 18.9 Å². The van der Waals surface area contributed by atoms with Crippen LogP contribution in [0, 0.1) is 12.8 Å². The number of aryl methyl sites for hydroxylation is 1. The Bertz CT molecular complexity index is 700. The minimum atomic E-state index is -3.49. The third-order valence-corrected chi connectivity index (χ3v) is 4.60. The van der Waals surface area contributed by atoms with Crippen molar-refractivity contribution < 1.29 is 13.2 Å². The minimum absolute atomic E-state index is 0.141. The van der Waals surface area contributed by atoms with Crippen molar-refractivity contribution in [1.29, 1.82) is 0 Å². The van der Waals surface area contributed by atoms with E-state index in [1.54, 1.807) is 0 Å². The summed E-state index contributed by atoms with van der Waals surface area (Å²) in [6, 6.07) is 6.10. The molecule has 1 aliphatic carbocycles. The number of sulfonamides is 1. The number of nitrogens with one attached hydrogen (secondary N) is 2. The van der Waals surface area contributed by atoms with Crippen LogP contribution in [0.15, 0.2) is 23.2 Å². The second-order valence-corrected chi connectivity index (χ2v) is 8.09. The number of nitrogens with zero attached hydrogens (tertiary/aromatic N) is 1. The SMILES string of the molecule is CCNC(=NCc1ccc(C)cc1OCC1CC1)NCCS(N)(=O)=O. The van der Waals surface area contributed by atoms with Crippen LogP contribution in [0.25, 0.3) is 0 Å². The molecule has 0 bridgehead atoms. The van der Waals surface area contributed by atoms with Crippen LogP contribution < -0.4 is 20.5 Å². The molecule has 1 aromatic carbocycles. The van der Waals surface area contributed by atoms with E-state index >= 15 is 0 Å². The zero-order valence-electron chi connectivity index (χ0n) is 14.9. The van der Waals surface area contributed by atoms with Crippen molar-refractivity contribution in [2.45, 2.75) is 33.2 Å². The van der Waals surface area contributed by atoms with Gasteiger partial charge in [0.25, 0.3) is 0 Å². The largest absolute Gasteiger partial charge is 0.493 e. The van der Waals surface area contributed by atoms with Crippen LogP contribution in [-0.2, 0) is 16.6 Å². The van der Waals surface area contributed by atoms with Crippen molar-refractivity contribution >= 4 is 16.0 Å². The second-order valence-electron chi connectivity index (χ2n) is 6.35. The zero-order valence-corrected chi connectivity index (χ0v) is 15.7. The molecule has 0 saturated heterocycles. The topological polar surface area (TPSA) is 106 Å². The van der Waals surface area contributed by atoms with Crippen molar-refractivity contribution in [3.05, 3.63) is 29.3 Å². The highest BCUT2D eigenvalue weighted by Crippen LogP contribution is 2.30. The number of benzene rings is 1. The van der Waals surface area contributed by atoms with Crippen LogP contribution in [0.2, 0.25) is 0 Å². The van der Waals surface area contributed by atoms with E-state index < -0.39 is 10.0 Å².